The molecule has 2 aromatic rings. The molecule has 1 N–H and O–H groups in total. The third kappa shape index (κ3) is 4.23. The van der Waals surface area contributed by atoms with Crippen LogP contribution in [0, 0.1) is 0 Å². The SMILES string of the molecule is O=C(NCc1ccc(S(=O)(=O)N2CCCCC2)cc1)c1cccc2c1OCCO2. The summed E-state index contributed by atoms with van der Waals surface area (Å²) in [6, 6.07) is 11.9. The van der Waals surface area contributed by atoms with E-state index in [1.807, 2.05) is 0 Å². The fourth-order valence-corrected chi connectivity index (χ4v) is 5.08. The zero-order chi connectivity index (χ0) is 20.3. The molecule has 1 saturated heterocycles. The number of hydrogen-bond donors (Lipinski definition) is 1. The van der Waals surface area contributed by atoms with E-state index < -0.39 is 10.0 Å². The summed E-state index contributed by atoms with van der Waals surface area (Å²) in [6.45, 7) is 2.31. The maximum absolute atomic E-state index is 12.7. The van der Waals surface area contributed by atoms with Crippen LogP contribution in [0.25, 0.3) is 0 Å². The highest BCUT2D eigenvalue weighted by molar-refractivity contribution is 7.89. The molecule has 2 aromatic carbocycles. The Balaban J connectivity index is 1.41. The molecule has 0 bridgehead atoms. The Morgan fingerprint density at radius 2 is 1.69 bits per heavy atom. The zero-order valence-electron chi connectivity index (χ0n) is 16.1. The minimum atomic E-state index is -3.45. The Morgan fingerprint density at radius 1 is 0.966 bits per heavy atom. The normalized spacial score (nSPS) is 17.0. The first kappa shape index (κ1) is 19.7. The van der Waals surface area contributed by atoms with Crippen molar-refractivity contribution in [3.8, 4) is 11.5 Å². The van der Waals surface area contributed by atoms with Crippen LogP contribution in [-0.4, -0.2) is 44.9 Å². The molecule has 1 fully saturated rings. The quantitative estimate of drug-likeness (QED) is 0.810. The second-order valence-corrected chi connectivity index (χ2v) is 9.06. The number of sulfonamides is 1. The molecule has 0 aliphatic carbocycles. The lowest BCUT2D eigenvalue weighted by atomic mass is 10.1. The highest BCUT2D eigenvalue weighted by Gasteiger charge is 2.25. The third-order valence-electron chi connectivity index (χ3n) is 5.14. The van der Waals surface area contributed by atoms with Gasteiger partial charge >= 0.3 is 0 Å². The van der Waals surface area contributed by atoms with E-state index in [4.69, 9.17) is 9.47 Å². The van der Waals surface area contributed by atoms with Gasteiger partial charge in [-0.3, -0.25) is 4.79 Å². The van der Waals surface area contributed by atoms with Crippen molar-refractivity contribution in [2.75, 3.05) is 26.3 Å². The van der Waals surface area contributed by atoms with E-state index in [0.717, 1.165) is 24.8 Å². The highest BCUT2D eigenvalue weighted by Crippen LogP contribution is 2.33. The van der Waals surface area contributed by atoms with Crippen molar-refractivity contribution in [3.63, 3.8) is 0 Å². The van der Waals surface area contributed by atoms with E-state index in [9.17, 15) is 13.2 Å². The minimum absolute atomic E-state index is 0.266. The molecular formula is C21H24N2O5S. The molecule has 0 atom stereocenters. The van der Waals surface area contributed by atoms with Crippen molar-refractivity contribution in [2.45, 2.75) is 30.7 Å². The number of amides is 1. The van der Waals surface area contributed by atoms with Crippen LogP contribution in [-0.2, 0) is 16.6 Å². The molecule has 154 valence electrons. The van der Waals surface area contributed by atoms with Crippen molar-refractivity contribution in [3.05, 3.63) is 53.6 Å². The van der Waals surface area contributed by atoms with Crippen LogP contribution < -0.4 is 14.8 Å². The molecule has 0 spiro atoms. The summed E-state index contributed by atoms with van der Waals surface area (Å²) in [5.74, 6) is 0.757. The van der Waals surface area contributed by atoms with E-state index in [1.54, 1.807) is 46.8 Å². The summed E-state index contributed by atoms with van der Waals surface area (Å²) in [4.78, 5) is 12.9. The Morgan fingerprint density at radius 3 is 2.45 bits per heavy atom. The number of benzene rings is 2. The number of para-hydroxylation sites is 1. The summed E-state index contributed by atoms with van der Waals surface area (Å²) in [6.07, 6.45) is 2.88. The van der Waals surface area contributed by atoms with Crippen LogP contribution >= 0.6 is 0 Å². The van der Waals surface area contributed by atoms with Crippen molar-refractivity contribution in [1.29, 1.82) is 0 Å². The lowest BCUT2D eigenvalue weighted by Gasteiger charge is -2.25. The van der Waals surface area contributed by atoms with Gasteiger partial charge in [0.25, 0.3) is 5.91 Å². The first-order chi connectivity index (χ1) is 14.1. The molecule has 7 nitrogen and oxygen atoms in total. The Bertz CT molecular complexity index is 983. The van der Waals surface area contributed by atoms with Gasteiger partial charge in [0.05, 0.1) is 10.5 Å². The van der Waals surface area contributed by atoms with Gasteiger partial charge in [-0.05, 0) is 42.7 Å². The average molecular weight is 416 g/mol. The Labute approximate surface area is 170 Å². The average Bonchev–Trinajstić information content (AvgIpc) is 2.78. The first-order valence-corrected chi connectivity index (χ1v) is 11.3. The Kier molecular flexibility index (Phi) is 5.73. The van der Waals surface area contributed by atoms with E-state index >= 15 is 0 Å². The second kappa shape index (κ2) is 8.42. The summed E-state index contributed by atoms with van der Waals surface area (Å²) < 4.78 is 38.1. The number of carbonyl (C=O) groups excluding carboxylic acids is 1. The molecule has 2 aliphatic heterocycles. The van der Waals surface area contributed by atoms with Crippen LogP contribution in [0.4, 0.5) is 0 Å². The number of ether oxygens (including phenoxy) is 2. The molecular weight excluding hydrogens is 392 g/mol. The number of hydrogen-bond acceptors (Lipinski definition) is 5. The lowest BCUT2D eigenvalue weighted by molar-refractivity contribution is 0.0939. The lowest BCUT2D eigenvalue weighted by Crippen LogP contribution is -2.35. The van der Waals surface area contributed by atoms with Crippen LogP contribution in [0.2, 0.25) is 0 Å². The molecule has 4 rings (SSSR count). The van der Waals surface area contributed by atoms with Gasteiger partial charge in [-0.15, -0.1) is 0 Å². The maximum atomic E-state index is 12.7. The van der Waals surface area contributed by atoms with E-state index in [0.29, 0.717) is 43.4 Å². The van der Waals surface area contributed by atoms with Crippen molar-refractivity contribution < 1.29 is 22.7 Å². The highest BCUT2D eigenvalue weighted by atomic mass is 32.2. The van der Waals surface area contributed by atoms with Crippen LogP contribution in [0.5, 0.6) is 11.5 Å². The van der Waals surface area contributed by atoms with Crippen molar-refractivity contribution in [1.82, 2.24) is 9.62 Å². The predicted molar refractivity (Wildman–Crippen MR) is 108 cm³/mol. The molecule has 2 aliphatic rings. The summed E-state index contributed by atoms with van der Waals surface area (Å²) in [7, 11) is -3.45. The second-order valence-electron chi connectivity index (χ2n) is 7.12. The van der Waals surface area contributed by atoms with Gasteiger partial charge in [-0.1, -0.05) is 24.6 Å². The smallest absolute Gasteiger partial charge is 0.255 e. The summed E-state index contributed by atoms with van der Waals surface area (Å²) in [5.41, 5.74) is 1.24. The molecule has 0 unspecified atom stereocenters. The molecule has 2 heterocycles. The number of carbonyl (C=O) groups is 1. The largest absolute Gasteiger partial charge is 0.486 e. The molecule has 0 aromatic heterocycles. The third-order valence-corrected chi connectivity index (χ3v) is 7.05. The fraction of sp³-hybridized carbons (Fsp3) is 0.381. The van der Waals surface area contributed by atoms with Gasteiger partial charge in [0.2, 0.25) is 10.0 Å². The van der Waals surface area contributed by atoms with Crippen molar-refractivity contribution >= 4 is 15.9 Å². The van der Waals surface area contributed by atoms with Gasteiger partial charge < -0.3 is 14.8 Å². The number of fused-ring (bicyclic) bond motifs is 1. The van der Waals surface area contributed by atoms with Gasteiger partial charge in [0.15, 0.2) is 11.5 Å². The van der Waals surface area contributed by atoms with E-state index in [-0.39, 0.29) is 17.3 Å². The zero-order valence-corrected chi connectivity index (χ0v) is 16.9. The number of piperidine rings is 1. The van der Waals surface area contributed by atoms with Crippen molar-refractivity contribution in [2.24, 2.45) is 0 Å². The summed E-state index contributed by atoms with van der Waals surface area (Å²) in [5, 5.41) is 2.85. The van der Waals surface area contributed by atoms with Crippen LogP contribution in [0.15, 0.2) is 47.4 Å². The molecule has 1 amide bonds. The fourth-order valence-electron chi connectivity index (χ4n) is 3.56. The molecule has 29 heavy (non-hydrogen) atoms. The van der Waals surface area contributed by atoms with E-state index in [1.165, 1.54) is 0 Å². The molecule has 0 saturated carbocycles. The Hall–Kier alpha value is -2.58. The number of nitrogens with zero attached hydrogens (tertiary/aromatic N) is 1. The standard InChI is InChI=1S/C21H24N2O5S/c24-21(18-5-4-6-19-20(18)28-14-13-27-19)22-15-16-7-9-17(10-8-16)29(25,26)23-11-2-1-3-12-23/h4-10H,1-3,11-15H2,(H,22,24). The van der Waals surface area contributed by atoms with Gasteiger partial charge in [-0.25, -0.2) is 8.42 Å². The van der Waals surface area contributed by atoms with Crippen LogP contribution in [0.3, 0.4) is 0 Å². The first-order valence-electron chi connectivity index (χ1n) is 9.81. The van der Waals surface area contributed by atoms with E-state index in [2.05, 4.69) is 5.32 Å². The maximum Gasteiger partial charge on any atom is 0.255 e. The summed E-state index contributed by atoms with van der Waals surface area (Å²) >= 11 is 0. The molecule has 0 radical (unpaired) electrons. The molecule has 8 heteroatoms. The number of nitrogens with one attached hydrogen (secondary N) is 1. The topological polar surface area (TPSA) is 84.9 Å². The predicted octanol–water partition coefficient (Wildman–Crippen LogP) is 2.56. The van der Waals surface area contributed by atoms with Crippen LogP contribution in [0.1, 0.15) is 35.2 Å². The monoisotopic (exact) mass is 416 g/mol. The minimum Gasteiger partial charge on any atom is -0.486 e. The number of rotatable bonds is 5. The van der Waals surface area contributed by atoms with Gasteiger partial charge in [0.1, 0.15) is 13.2 Å². The van der Waals surface area contributed by atoms with Gasteiger partial charge in [-0.2, -0.15) is 4.31 Å². The van der Waals surface area contributed by atoms with Gasteiger partial charge in [0, 0.05) is 19.6 Å².